The summed E-state index contributed by atoms with van der Waals surface area (Å²) in [6.07, 6.45) is 2.44. The van der Waals surface area contributed by atoms with Crippen molar-refractivity contribution < 1.29 is 19.1 Å². The molecule has 4 aliphatic rings. The van der Waals surface area contributed by atoms with Crippen molar-refractivity contribution in [1.82, 2.24) is 4.90 Å². The summed E-state index contributed by atoms with van der Waals surface area (Å²) < 4.78 is 12.7. The minimum atomic E-state index is -1.27. The third-order valence-corrected chi connectivity index (χ3v) is 9.67. The zero-order valence-corrected chi connectivity index (χ0v) is 23.5. The normalized spacial score (nSPS) is 30.1. The van der Waals surface area contributed by atoms with Crippen LogP contribution in [-0.2, 0) is 24.6 Å². The topological polar surface area (TPSA) is 67.9 Å². The van der Waals surface area contributed by atoms with Gasteiger partial charge >= 0.3 is 0 Å². The highest BCUT2D eigenvalue weighted by atomic mass is 35.5. The van der Waals surface area contributed by atoms with E-state index in [0.717, 1.165) is 22.4 Å². The summed E-state index contributed by atoms with van der Waals surface area (Å²) in [5, 5.41) is 4.34. The molecule has 3 fully saturated rings. The molecule has 1 N–H and O–H groups in total. The molecule has 3 unspecified atom stereocenters. The van der Waals surface area contributed by atoms with Gasteiger partial charge in [0.2, 0.25) is 0 Å². The van der Waals surface area contributed by atoms with Crippen molar-refractivity contribution in [1.29, 1.82) is 0 Å². The van der Waals surface area contributed by atoms with E-state index in [0.29, 0.717) is 41.8 Å². The SMILES string of the molecule is CN1CC(c2ccc(Cl)cc2)C2(CC3(C/C(=C\c4ccc(Cl)cc4)C2=O)OCCO3)C12C(=O)Nc1ccccc12. The van der Waals surface area contributed by atoms with Gasteiger partial charge in [-0.05, 0) is 54.6 Å². The van der Waals surface area contributed by atoms with Gasteiger partial charge < -0.3 is 14.8 Å². The molecule has 0 aromatic heterocycles. The van der Waals surface area contributed by atoms with Crippen molar-refractivity contribution >= 4 is 46.7 Å². The van der Waals surface area contributed by atoms with Crippen LogP contribution in [0.15, 0.2) is 78.4 Å². The molecule has 3 atom stereocenters. The molecule has 0 radical (unpaired) electrons. The first kappa shape index (κ1) is 25.9. The van der Waals surface area contributed by atoms with Gasteiger partial charge in [0, 0.05) is 52.2 Å². The number of amides is 1. The summed E-state index contributed by atoms with van der Waals surface area (Å²) >= 11 is 12.4. The Morgan fingerprint density at radius 2 is 1.57 bits per heavy atom. The Morgan fingerprint density at radius 1 is 0.925 bits per heavy atom. The van der Waals surface area contributed by atoms with Crippen LogP contribution in [0.5, 0.6) is 0 Å². The number of anilines is 1. The number of ether oxygens (including phenoxy) is 2. The van der Waals surface area contributed by atoms with Crippen molar-refractivity contribution in [3.8, 4) is 0 Å². The molecule has 3 aromatic carbocycles. The Morgan fingerprint density at radius 3 is 2.27 bits per heavy atom. The Hall–Kier alpha value is -3.00. The Labute approximate surface area is 242 Å². The minimum absolute atomic E-state index is 0.0664. The second-order valence-electron chi connectivity index (χ2n) is 11.2. The van der Waals surface area contributed by atoms with Crippen molar-refractivity contribution in [2.45, 2.75) is 30.1 Å². The predicted octanol–water partition coefficient (Wildman–Crippen LogP) is 6.05. The van der Waals surface area contributed by atoms with Crippen molar-refractivity contribution in [2.75, 3.05) is 32.1 Å². The second-order valence-corrected chi connectivity index (χ2v) is 12.1. The summed E-state index contributed by atoms with van der Waals surface area (Å²) in [5.41, 5.74) is 1.38. The highest BCUT2D eigenvalue weighted by molar-refractivity contribution is 6.30. The smallest absolute Gasteiger partial charge is 0.250 e. The van der Waals surface area contributed by atoms with Gasteiger partial charge in [0.15, 0.2) is 11.6 Å². The lowest BCUT2D eigenvalue weighted by atomic mass is 9.52. The molecule has 3 heterocycles. The largest absolute Gasteiger partial charge is 0.347 e. The number of para-hydroxylation sites is 1. The summed E-state index contributed by atoms with van der Waals surface area (Å²) in [6.45, 7) is 1.34. The molecule has 6 nitrogen and oxygen atoms in total. The van der Waals surface area contributed by atoms with Gasteiger partial charge in [0.1, 0.15) is 5.54 Å². The van der Waals surface area contributed by atoms with Crippen molar-refractivity contribution in [3.05, 3.63) is 105 Å². The fourth-order valence-electron chi connectivity index (χ4n) is 7.69. The summed E-state index contributed by atoms with van der Waals surface area (Å²) in [5.74, 6) is -1.64. The van der Waals surface area contributed by atoms with E-state index in [2.05, 4.69) is 10.2 Å². The second kappa shape index (κ2) is 9.26. The number of hydrogen-bond donors (Lipinski definition) is 1. The van der Waals surface area contributed by atoms with E-state index in [9.17, 15) is 4.79 Å². The molecule has 7 rings (SSSR count). The van der Waals surface area contributed by atoms with E-state index in [-0.39, 0.29) is 24.0 Å². The van der Waals surface area contributed by atoms with Gasteiger partial charge in [0.05, 0.1) is 18.6 Å². The molecule has 3 aromatic rings. The molecule has 3 aliphatic heterocycles. The van der Waals surface area contributed by atoms with Crippen LogP contribution in [0.3, 0.4) is 0 Å². The molecule has 1 amide bonds. The number of ketones is 1. The Kier molecular flexibility index (Phi) is 6.01. The number of likely N-dealkylation sites (N-methyl/N-ethyl adjacent to an activating group) is 1. The van der Waals surface area contributed by atoms with Crippen LogP contribution in [0.1, 0.15) is 35.4 Å². The molecule has 1 aliphatic carbocycles. The highest BCUT2D eigenvalue weighted by Crippen LogP contribution is 2.68. The molecule has 8 heteroatoms. The summed E-state index contributed by atoms with van der Waals surface area (Å²) in [4.78, 5) is 31.7. The van der Waals surface area contributed by atoms with Crippen molar-refractivity contribution in [3.63, 3.8) is 0 Å². The molecule has 1 saturated carbocycles. The first-order chi connectivity index (χ1) is 19.3. The summed E-state index contributed by atoms with van der Waals surface area (Å²) in [7, 11) is 1.94. The zero-order valence-electron chi connectivity index (χ0n) is 22.0. The number of carbonyl (C=O) groups is 2. The van der Waals surface area contributed by atoms with Crippen LogP contribution in [-0.4, -0.2) is 49.2 Å². The van der Waals surface area contributed by atoms with Crippen LogP contribution >= 0.6 is 23.2 Å². The van der Waals surface area contributed by atoms with E-state index in [1.54, 1.807) is 12.1 Å². The zero-order chi connectivity index (χ0) is 27.7. The fourth-order valence-corrected chi connectivity index (χ4v) is 7.94. The van der Waals surface area contributed by atoms with E-state index in [4.69, 9.17) is 32.7 Å². The van der Waals surface area contributed by atoms with Gasteiger partial charge in [-0.1, -0.05) is 65.7 Å². The van der Waals surface area contributed by atoms with Gasteiger partial charge in [0.25, 0.3) is 5.91 Å². The number of benzene rings is 3. The maximum absolute atomic E-state index is 15.2. The molecule has 3 spiro atoms. The average Bonchev–Trinajstić information content (AvgIpc) is 3.59. The number of carbonyl (C=O) groups excluding carboxylic acids is 2. The van der Waals surface area contributed by atoms with Crippen LogP contribution in [0.2, 0.25) is 10.0 Å². The first-order valence-electron chi connectivity index (χ1n) is 13.5. The van der Waals surface area contributed by atoms with E-state index < -0.39 is 16.7 Å². The standard InChI is InChI=1S/C32H28Cl2N2O4/c1-36-18-26(21-8-12-24(34)13-9-21)31(32(36)25-4-2-3-5-27(25)35-29(32)38)19-30(39-14-15-40-30)17-22(28(31)37)16-20-6-10-23(33)11-7-20/h2-13,16,26H,14-15,17-19H2,1H3,(H,35,38)/b22-16+. The van der Waals surface area contributed by atoms with Gasteiger partial charge in [-0.25, -0.2) is 0 Å². The van der Waals surface area contributed by atoms with E-state index >= 15 is 4.79 Å². The quantitative estimate of drug-likeness (QED) is 0.377. The molecule has 204 valence electrons. The number of nitrogens with one attached hydrogen (secondary N) is 1. The van der Waals surface area contributed by atoms with Crippen LogP contribution in [0.25, 0.3) is 6.08 Å². The minimum Gasteiger partial charge on any atom is -0.347 e. The van der Waals surface area contributed by atoms with E-state index in [1.807, 2.05) is 73.8 Å². The summed E-state index contributed by atoms with van der Waals surface area (Å²) in [6, 6.07) is 22.7. The van der Waals surface area contributed by atoms with Crippen LogP contribution < -0.4 is 5.32 Å². The number of fused-ring (bicyclic) bond motifs is 3. The lowest BCUT2D eigenvalue weighted by molar-refractivity contribution is -0.203. The lowest BCUT2D eigenvalue weighted by Crippen LogP contribution is -2.63. The molecular weight excluding hydrogens is 547 g/mol. The van der Waals surface area contributed by atoms with Gasteiger partial charge in [-0.2, -0.15) is 0 Å². The number of hydrogen-bond acceptors (Lipinski definition) is 5. The van der Waals surface area contributed by atoms with Gasteiger partial charge in [-0.3, -0.25) is 14.5 Å². The van der Waals surface area contributed by atoms with Crippen LogP contribution in [0, 0.1) is 5.41 Å². The Bertz CT molecular complexity index is 1550. The highest BCUT2D eigenvalue weighted by Gasteiger charge is 2.76. The maximum Gasteiger partial charge on any atom is 0.250 e. The molecule has 2 saturated heterocycles. The number of halogens is 2. The monoisotopic (exact) mass is 574 g/mol. The van der Waals surface area contributed by atoms with Crippen LogP contribution in [0.4, 0.5) is 5.69 Å². The maximum atomic E-state index is 15.2. The number of Topliss-reactive ketones (excluding diaryl/α,β-unsaturated/α-hetero) is 1. The van der Waals surface area contributed by atoms with Crippen molar-refractivity contribution in [2.24, 2.45) is 5.41 Å². The number of nitrogens with zero attached hydrogens (tertiary/aromatic N) is 1. The number of likely N-dealkylation sites (tertiary alicyclic amines) is 1. The predicted molar refractivity (Wildman–Crippen MR) is 154 cm³/mol. The fraction of sp³-hybridized carbons (Fsp3) is 0.312. The first-order valence-corrected chi connectivity index (χ1v) is 14.2. The van der Waals surface area contributed by atoms with E-state index in [1.165, 1.54) is 0 Å². The molecular formula is C32H28Cl2N2O4. The number of rotatable bonds is 2. The Balaban J connectivity index is 1.52. The van der Waals surface area contributed by atoms with Gasteiger partial charge in [-0.15, -0.1) is 0 Å². The third kappa shape index (κ3) is 3.53. The third-order valence-electron chi connectivity index (χ3n) is 9.16. The molecule has 40 heavy (non-hydrogen) atoms. The lowest BCUT2D eigenvalue weighted by Gasteiger charge is -2.52. The average molecular weight is 575 g/mol. The molecule has 0 bridgehead atoms.